The van der Waals surface area contributed by atoms with Crippen molar-refractivity contribution in [1.29, 1.82) is 0 Å². The highest BCUT2D eigenvalue weighted by Gasteiger charge is 2.58. The van der Waals surface area contributed by atoms with E-state index in [1.54, 1.807) is 55.5 Å². The number of carbonyl (C=O) groups excluding carboxylic acids is 1. The van der Waals surface area contributed by atoms with Crippen molar-refractivity contribution in [1.82, 2.24) is 9.88 Å². The van der Waals surface area contributed by atoms with Crippen LogP contribution in [0, 0.1) is 0 Å². The molecule has 9 heteroatoms. The number of para-hydroxylation sites is 1. The zero-order valence-corrected chi connectivity index (χ0v) is 17.1. The van der Waals surface area contributed by atoms with Crippen LogP contribution in [-0.2, 0) is 10.4 Å². The monoisotopic (exact) mass is 442 g/mol. The number of aliphatic hydroxyl groups is 1. The summed E-state index contributed by atoms with van der Waals surface area (Å²) in [6.45, 7) is 1.69. The molecule has 0 saturated heterocycles. The first-order valence-corrected chi connectivity index (χ1v) is 9.88. The number of hydrogen-bond donors (Lipinski definition) is 1. The first-order chi connectivity index (χ1) is 13.5. The Morgan fingerprint density at radius 3 is 2.41 bits per heavy atom. The molecule has 0 spiro atoms. The van der Waals surface area contributed by atoms with Crippen molar-refractivity contribution >= 4 is 39.1 Å². The van der Waals surface area contributed by atoms with Gasteiger partial charge in [-0.1, -0.05) is 35.9 Å². The third-order valence-electron chi connectivity index (χ3n) is 4.85. The molecule has 1 amide bonds. The summed E-state index contributed by atoms with van der Waals surface area (Å²) in [5.41, 5.74) is -2.33. The second-order valence-corrected chi connectivity index (χ2v) is 8.22. The Bertz CT molecular complexity index is 989. The third-order valence-corrected chi connectivity index (χ3v) is 6.29. The van der Waals surface area contributed by atoms with E-state index < -0.39 is 35.2 Å². The van der Waals surface area contributed by atoms with E-state index in [0.29, 0.717) is 20.8 Å². The van der Waals surface area contributed by atoms with Gasteiger partial charge >= 0.3 is 6.18 Å². The van der Waals surface area contributed by atoms with Gasteiger partial charge in [-0.3, -0.25) is 4.79 Å². The van der Waals surface area contributed by atoms with E-state index in [9.17, 15) is 23.1 Å². The zero-order chi connectivity index (χ0) is 21.4. The normalized spacial score (nSPS) is 15.1. The average molecular weight is 443 g/mol. The number of alkyl halides is 3. The Hall–Kier alpha value is -2.16. The minimum atomic E-state index is -5.07. The summed E-state index contributed by atoms with van der Waals surface area (Å²) in [7, 11) is 1.40. The van der Waals surface area contributed by atoms with Crippen LogP contribution in [0.15, 0.2) is 48.5 Å². The van der Waals surface area contributed by atoms with Crippen LogP contribution < -0.4 is 0 Å². The molecule has 0 fully saturated rings. The van der Waals surface area contributed by atoms with Crippen molar-refractivity contribution < 1.29 is 23.1 Å². The zero-order valence-electron chi connectivity index (χ0n) is 15.6. The van der Waals surface area contributed by atoms with E-state index in [0.717, 1.165) is 11.3 Å². The van der Waals surface area contributed by atoms with Crippen LogP contribution in [0.4, 0.5) is 13.2 Å². The standard InChI is InChI=1S/C20H18ClF3N2O2S/c1-12(13-7-9-14(21)10-8-13)26(2)17(27)11-19(28,20(22,23)24)18-25-15-5-3-4-6-16(15)29-18/h3-10,12,28H,11H2,1-2H3. The number of aromatic nitrogens is 1. The molecule has 3 rings (SSSR count). The van der Waals surface area contributed by atoms with Gasteiger partial charge in [-0.25, -0.2) is 4.98 Å². The number of nitrogens with zero attached hydrogens (tertiary/aromatic N) is 2. The fourth-order valence-corrected chi connectivity index (χ4v) is 4.07. The summed E-state index contributed by atoms with van der Waals surface area (Å²) >= 11 is 6.58. The predicted octanol–water partition coefficient (Wildman–Crippen LogP) is 5.31. The van der Waals surface area contributed by atoms with Gasteiger partial charge in [0.25, 0.3) is 0 Å². The molecule has 2 atom stereocenters. The van der Waals surface area contributed by atoms with Gasteiger partial charge in [0, 0.05) is 12.1 Å². The van der Waals surface area contributed by atoms with Crippen LogP contribution in [-0.4, -0.2) is 34.1 Å². The summed E-state index contributed by atoms with van der Waals surface area (Å²) in [5.74, 6) is -0.855. The van der Waals surface area contributed by atoms with Gasteiger partial charge in [0.2, 0.25) is 11.5 Å². The van der Waals surface area contributed by atoms with Crippen molar-refractivity contribution in [3.8, 4) is 0 Å². The third kappa shape index (κ3) is 4.24. The van der Waals surface area contributed by atoms with Crippen LogP contribution in [0.2, 0.25) is 5.02 Å². The summed E-state index contributed by atoms with van der Waals surface area (Å²) < 4.78 is 42.0. The van der Waals surface area contributed by atoms with Gasteiger partial charge < -0.3 is 10.0 Å². The van der Waals surface area contributed by atoms with Crippen molar-refractivity contribution in [2.75, 3.05) is 7.05 Å². The van der Waals surface area contributed by atoms with E-state index in [1.807, 2.05) is 0 Å². The van der Waals surface area contributed by atoms with Crippen LogP contribution in [0.3, 0.4) is 0 Å². The first-order valence-electron chi connectivity index (χ1n) is 8.69. The number of fused-ring (bicyclic) bond motifs is 1. The van der Waals surface area contributed by atoms with E-state index in [2.05, 4.69) is 4.98 Å². The van der Waals surface area contributed by atoms with Crippen LogP contribution >= 0.6 is 22.9 Å². The number of thiazole rings is 1. The molecule has 1 N–H and O–H groups in total. The maximum atomic E-state index is 13.8. The fraction of sp³-hybridized carbons (Fsp3) is 0.300. The first kappa shape index (κ1) is 21.5. The number of benzene rings is 2. The molecule has 3 aromatic rings. The fourth-order valence-electron chi connectivity index (χ4n) is 2.87. The highest BCUT2D eigenvalue weighted by molar-refractivity contribution is 7.18. The maximum absolute atomic E-state index is 13.8. The SMILES string of the molecule is CC(c1ccc(Cl)cc1)N(C)C(=O)CC(O)(c1nc2ccccc2s1)C(F)(F)F. The molecule has 1 heterocycles. The molecule has 0 aliphatic rings. The molecule has 1 aromatic heterocycles. The van der Waals surface area contributed by atoms with Gasteiger partial charge in [-0.05, 0) is 36.8 Å². The lowest BCUT2D eigenvalue weighted by Gasteiger charge is -2.32. The Morgan fingerprint density at radius 1 is 1.21 bits per heavy atom. The second-order valence-electron chi connectivity index (χ2n) is 6.75. The smallest absolute Gasteiger partial charge is 0.374 e. The molecule has 0 bridgehead atoms. The molecule has 0 aliphatic carbocycles. The number of carbonyl (C=O) groups is 1. The van der Waals surface area contributed by atoms with Gasteiger partial charge in [-0.15, -0.1) is 11.3 Å². The maximum Gasteiger partial charge on any atom is 0.424 e. The summed E-state index contributed by atoms with van der Waals surface area (Å²) in [6.07, 6.45) is -6.23. The molecular weight excluding hydrogens is 425 g/mol. The lowest BCUT2D eigenvalue weighted by molar-refractivity contribution is -0.268. The topological polar surface area (TPSA) is 53.4 Å². The largest absolute Gasteiger partial charge is 0.424 e. The summed E-state index contributed by atoms with van der Waals surface area (Å²) in [6, 6.07) is 12.6. The molecule has 2 aromatic carbocycles. The Labute approximate surface area is 174 Å². The average Bonchev–Trinajstić information content (AvgIpc) is 3.11. The van der Waals surface area contributed by atoms with E-state index >= 15 is 0 Å². The Kier molecular flexibility index (Phi) is 5.89. The van der Waals surface area contributed by atoms with E-state index in [1.165, 1.54) is 11.9 Å². The van der Waals surface area contributed by atoms with Crippen LogP contribution in [0.1, 0.15) is 30.0 Å². The van der Waals surface area contributed by atoms with Crippen molar-refractivity contribution in [3.05, 3.63) is 64.1 Å². The number of halogens is 4. The molecule has 154 valence electrons. The van der Waals surface area contributed by atoms with E-state index in [-0.39, 0.29) is 0 Å². The summed E-state index contributed by atoms with van der Waals surface area (Å²) in [5, 5.41) is 10.5. The lowest BCUT2D eigenvalue weighted by Crippen LogP contribution is -2.46. The number of amides is 1. The van der Waals surface area contributed by atoms with Crippen molar-refractivity contribution in [3.63, 3.8) is 0 Å². The van der Waals surface area contributed by atoms with Gasteiger partial charge in [0.05, 0.1) is 22.7 Å². The molecule has 29 heavy (non-hydrogen) atoms. The second kappa shape index (κ2) is 7.93. The molecule has 0 radical (unpaired) electrons. The lowest BCUT2D eigenvalue weighted by atomic mass is 9.98. The van der Waals surface area contributed by atoms with Crippen LogP contribution in [0.25, 0.3) is 10.2 Å². The molecule has 2 unspecified atom stereocenters. The minimum absolute atomic E-state index is 0.338. The van der Waals surface area contributed by atoms with Crippen molar-refractivity contribution in [2.24, 2.45) is 0 Å². The molecule has 0 aliphatic heterocycles. The molecular formula is C20H18ClF3N2O2S. The van der Waals surface area contributed by atoms with Gasteiger partial charge in [0.1, 0.15) is 5.01 Å². The Morgan fingerprint density at radius 2 is 1.83 bits per heavy atom. The highest BCUT2D eigenvalue weighted by Crippen LogP contribution is 2.44. The van der Waals surface area contributed by atoms with Crippen molar-refractivity contribution in [2.45, 2.75) is 31.2 Å². The highest BCUT2D eigenvalue weighted by atomic mass is 35.5. The Balaban J connectivity index is 1.89. The number of rotatable bonds is 5. The van der Waals surface area contributed by atoms with Gasteiger partial charge in [-0.2, -0.15) is 13.2 Å². The number of hydrogen-bond acceptors (Lipinski definition) is 4. The minimum Gasteiger partial charge on any atom is -0.374 e. The quantitative estimate of drug-likeness (QED) is 0.582. The van der Waals surface area contributed by atoms with Gasteiger partial charge in [0.15, 0.2) is 0 Å². The van der Waals surface area contributed by atoms with E-state index in [4.69, 9.17) is 11.6 Å². The molecule has 0 saturated carbocycles. The molecule has 4 nitrogen and oxygen atoms in total. The van der Waals surface area contributed by atoms with Crippen LogP contribution in [0.5, 0.6) is 0 Å². The summed E-state index contributed by atoms with van der Waals surface area (Å²) in [4.78, 5) is 17.8. The predicted molar refractivity (Wildman–Crippen MR) is 107 cm³/mol.